The van der Waals surface area contributed by atoms with E-state index >= 15 is 0 Å². The molecule has 174 valence electrons. The summed E-state index contributed by atoms with van der Waals surface area (Å²) in [5, 5.41) is 31.2. The van der Waals surface area contributed by atoms with Gasteiger partial charge in [0.1, 0.15) is 16.9 Å². The van der Waals surface area contributed by atoms with E-state index in [1.807, 2.05) is 31.2 Å². The number of anilines is 2. The summed E-state index contributed by atoms with van der Waals surface area (Å²) in [6.07, 6.45) is 1.99. The molecule has 1 aromatic carbocycles. The molecule has 2 aliphatic rings. The van der Waals surface area contributed by atoms with Gasteiger partial charge in [-0.2, -0.15) is 4.98 Å². The van der Waals surface area contributed by atoms with E-state index < -0.39 is 12.2 Å². The van der Waals surface area contributed by atoms with Gasteiger partial charge in [-0.05, 0) is 43.9 Å². The minimum absolute atomic E-state index is 0.157. The lowest BCUT2D eigenvalue weighted by Gasteiger charge is -2.21. The van der Waals surface area contributed by atoms with Gasteiger partial charge in [0.05, 0.1) is 33.6 Å². The number of aromatic nitrogens is 3. The number of para-hydroxylation sites is 1. The number of nitrogens with one attached hydrogen (secondary N) is 2. The fourth-order valence-corrected chi connectivity index (χ4v) is 6.34. The predicted octanol–water partition coefficient (Wildman–Crippen LogP) is 2.97. The molecule has 5 atom stereocenters. The molecule has 1 unspecified atom stereocenters. The molecule has 1 saturated carbocycles. The minimum atomic E-state index is -0.922. The molecule has 0 saturated heterocycles. The Kier molecular flexibility index (Phi) is 6.53. The quantitative estimate of drug-likeness (QED) is 0.344. The molecule has 8 nitrogen and oxygen atoms in total. The average molecular weight is 485 g/mol. The zero-order chi connectivity index (χ0) is 22.9. The summed E-state index contributed by atoms with van der Waals surface area (Å²) in [6.45, 7) is 3.04. The van der Waals surface area contributed by atoms with Gasteiger partial charge in [0.25, 0.3) is 0 Å². The number of rotatable bonds is 7. The average Bonchev–Trinajstić information content (AvgIpc) is 3.53. The second-order valence-electron chi connectivity index (χ2n) is 8.55. The molecule has 3 aromatic rings. The number of allylic oxidation sites excluding steroid dienone is 1. The summed E-state index contributed by atoms with van der Waals surface area (Å²) in [5.41, 5.74) is 8.35. The normalized spacial score (nSPS) is 26.8. The van der Waals surface area contributed by atoms with E-state index in [0.29, 0.717) is 30.0 Å². The minimum Gasteiger partial charge on any atom is -0.390 e. The zero-order valence-corrected chi connectivity index (χ0v) is 19.9. The molecule has 0 amide bonds. The van der Waals surface area contributed by atoms with Crippen LogP contribution in [0.1, 0.15) is 18.5 Å². The highest BCUT2D eigenvalue weighted by Gasteiger charge is 2.41. The van der Waals surface area contributed by atoms with Crippen LogP contribution in [-0.2, 0) is 0 Å². The summed E-state index contributed by atoms with van der Waals surface area (Å²) in [6, 6.07) is 7.65. The Hall–Kier alpha value is -2.24. The molecule has 1 aliphatic carbocycles. The first kappa shape index (κ1) is 22.5. The van der Waals surface area contributed by atoms with E-state index in [0.717, 1.165) is 39.4 Å². The highest BCUT2D eigenvalue weighted by Crippen LogP contribution is 2.38. The van der Waals surface area contributed by atoms with Gasteiger partial charge in [0.15, 0.2) is 0 Å². The predicted molar refractivity (Wildman–Crippen MR) is 136 cm³/mol. The lowest BCUT2D eigenvalue weighted by molar-refractivity contribution is 0.0192. The number of thioether (sulfide) groups is 1. The Bertz CT molecular complexity index is 1130. The molecular formula is C23H28N6O2S2. The molecule has 10 heteroatoms. The van der Waals surface area contributed by atoms with Crippen LogP contribution in [0.15, 0.2) is 35.7 Å². The molecule has 1 aliphatic heterocycles. The van der Waals surface area contributed by atoms with Gasteiger partial charge < -0.3 is 26.6 Å². The van der Waals surface area contributed by atoms with Crippen LogP contribution >= 0.6 is 23.1 Å². The van der Waals surface area contributed by atoms with Crippen LogP contribution in [0.2, 0.25) is 0 Å². The summed E-state index contributed by atoms with van der Waals surface area (Å²) < 4.78 is 1.09. The van der Waals surface area contributed by atoms with E-state index in [4.69, 9.17) is 20.7 Å². The largest absolute Gasteiger partial charge is 0.390 e. The fraction of sp³-hybridized carbons (Fsp3) is 0.435. The third-order valence-corrected chi connectivity index (χ3v) is 8.43. The lowest BCUT2D eigenvalue weighted by atomic mass is 10.1. The molecule has 2 aromatic heterocycles. The van der Waals surface area contributed by atoms with Crippen molar-refractivity contribution in [2.24, 2.45) is 11.7 Å². The van der Waals surface area contributed by atoms with Crippen molar-refractivity contribution >= 4 is 45.1 Å². The maximum Gasteiger partial charge on any atom is 0.224 e. The molecule has 0 radical (unpaired) electrons. The highest BCUT2D eigenvalue weighted by molar-refractivity contribution is 8.03. The second kappa shape index (κ2) is 9.55. The first-order valence-electron chi connectivity index (χ1n) is 11.1. The van der Waals surface area contributed by atoms with Gasteiger partial charge >= 0.3 is 0 Å². The number of thiazole rings is 1. The monoisotopic (exact) mass is 484 g/mol. The van der Waals surface area contributed by atoms with Crippen LogP contribution in [0.5, 0.6) is 0 Å². The summed E-state index contributed by atoms with van der Waals surface area (Å²) in [5.74, 6) is 0.988. The standard InChI is InChI=1S/C23H28N6O2S2/c1-12-18(22-28-15-6-2-3-7-17(15)33-22)21(27-16-9-13(10-24)19(30)20(16)31)29-23(26-12)25-11-14-5-4-8-32-14/h2-4,6-8,13-14,16,19-20,30-31H,5,9-11,24H2,1H3,(H2,25,26,27,29)/t13-,14?,16-,19-,20+/m1/s1. The van der Waals surface area contributed by atoms with Crippen LogP contribution in [0, 0.1) is 12.8 Å². The SMILES string of the molecule is Cc1nc(NCC2CC=CS2)nc(N[C@@H]2C[C@H](CN)[C@@H](O)[C@H]2O)c1-c1nc2ccccc2s1. The van der Waals surface area contributed by atoms with E-state index in [1.54, 1.807) is 23.1 Å². The molecule has 33 heavy (non-hydrogen) atoms. The van der Waals surface area contributed by atoms with E-state index in [-0.39, 0.29) is 12.0 Å². The number of hydrogen-bond donors (Lipinski definition) is 5. The number of nitrogens with two attached hydrogens (primary N) is 1. The topological polar surface area (TPSA) is 129 Å². The first-order valence-corrected chi connectivity index (χ1v) is 12.9. The van der Waals surface area contributed by atoms with Gasteiger partial charge in [0, 0.05) is 17.7 Å². The number of fused-ring (bicyclic) bond motifs is 1. The van der Waals surface area contributed by atoms with E-state index in [9.17, 15) is 10.2 Å². The van der Waals surface area contributed by atoms with Gasteiger partial charge in [-0.3, -0.25) is 0 Å². The van der Waals surface area contributed by atoms with Crippen molar-refractivity contribution in [3.05, 3.63) is 41.4 Å². The van der Waals surface area contributed by atoms with Crippen LogP contribution in [0.4, 0.5) is 11.8 Å². The third-order valence-electron chi connectivity index (χ3n) is 6.28. The highest BCUT2D eigenvalue weighted by atomic mass is 32.2. The molecule has 0 bridgehead atoms. The van der Waals surface area contributed by atoms with Crippen LogP contribution in [0.3, 0.4) is 0 Å². The van der Waals surface area contributed by atoms with Gasteiger partial charge in [-0.15, -0.1) is 23.1 Å². The Labute approximate surface area is 200 Å². The molecule has 0 spiro atoms. The molecule has 1 fully saturated rings. The fourth-order valence-electron chi connectivity index (χ4n) is 4.44. The lowest BCUT2D eigenvalue weighted by Crippen LogP contribution is -2.36. The number of aryl methyl sites for hydroxylation is 1. The smallest absolute Gasteiger partial charge is 0.224 e. The summed E-state index contributed by atoms with van der Waals surface area (Å²) in [4.78, 5) is 14.3. The van der Waals surface area contributed by atoms with Crippen molar-refractivity contribution in [1.82, 2.24) is 15.0 Å². The van der Waals surface area contributed by atoms with Crippen molar-refractivity contribution in [1.29, 1.82) is 0 Å². The van der Waals surface area contributed by atoms with Crippen molar-refractivity contribution in [3.63, 3.8) is 0 Å². The van der Waals surface area contributed by atoms with Crippen molar-refractivity contribution < 1.29 is 10.2 Å². The number of nitrogens with zero attached hydrogens (tertiary/aromatic N) is 3. The number of aliphatic hydroxyl groups is 2. The second-order valence-corrected chi connectivity index (χ2v) is 10.8. The van der Waals surface area contributed by atoms with Gasteiger partial charge in [0.2, 0.25) is 5.95 Å². The van der Waals surface area contributed by atoms with Crippen molar-refractivity contribution in [2.45, 2.75) is 43.3 Å². The zero-order valence-electron chi connectivity index (χ0n) is 18.3. The van der Waals surface area contributed by atoms with Crippen LogP contribution in [0.25, 0.3) is 20.8 Å². The maximum atomic E-state index is 10.6. The summed E-state index contributed by atoms with van der Waals surface area (Å²) >= 11 is 3.39. The number of hydrogen-bond acceptors (Lipinski definition) is 10. The Morgan fingerprint density at radius 1 is 1.15 bits per heavy atom. The number of aliphatic hydroxyl groups excluding tert-OH is 2. The summed E-state index contributed by atoms with van der Waals surface area (Å²) in [7, 11) is 0. The van der Waals surface area contributed by atoms with Crippen molar-refractivity contribution in [2.75, 3.05) is 23.7 Å². The first-order chi connectivity index (χ1) is 16.0. The maximum absolute atomic E-state index is 10.6. The van der Waals surface area contributed by atoms with Gasteiger partial charge in [-0.25, -0.2) is 9.97 Å². The number of benzene rings is 1. The Balaban J connectivity index is 1.49. The molecular weight excluding hydrogens is 456 g/mol. The molecule has 5 rings (SSSR count). The van der Waals surface area contributed by atoms with Crippen LogP contribution < -0.4 is 16.4 Å². The molecule has 6 N–H and O–H groups in total. The van der Waals surface area contributed by atoms with Crippen LogP contribution in [-0.4, -0.2) is 61.8 Å². The third kappa shape index (κ3) is 4.58. The Morgan fingerprint density at radius 2 is 2.00 bits per heavy atom. The van der Waals surface area contributed by atoms with Crippen molar-refractivity contribution in [3.8, 4) is 10.6 Å². The van der Waals surface area contributed by atoms with Gasteiger partial charge in [-0.1, -0.05) is 18.2 Å². The molecule has 3 heterocycles. The Morgan fingerprint density at radius 3 is 2.73 bits per heavy atom. The van der Waals surface area contributed by atoms with E-state index in [1.165, 1.54) is 0 Å². The van der Waals surface area contributed by atoms with E-state index in [2.05, 4.69) is 22.1 Å².